The van der Waals surface area contributed by atoms with Gasteiger partial charge in [0.15, 0.2) is 0 Å². The third kappa shape index (κ3) is 4.01. The Labute approximate surface area is 153 Å². The van der Waals surface area contributed by atoms with Gasteiger partial charge in [-0.2, -0.15) is 0 Å². The minimum absolute atomic E-state index is 0.559. The van der Waals surface area contributed by atoms with E-state index in [9.17, 15) is 0 Å². The van der Waals surface area contributed by atoms with E-state index in [1.807, 2.05) is 12.3 Å². The van der Waals surface area contributed by atoms with E-state index in [1.165, 1.54) is 21.9 Å². The second kappa shape index (κ2) is 7.52. The molecule has 0 N–H and O–H groups in total. The molecule has 1 aliphatic rings. The molecule has 0 atom stereocenters. The predicted molar refractivity (Wildman–Crippen MR) is 104 cm³/mol. The Morgan fingerprint density at radius 1 is 0.800 bits per heavy atom. The number of halogens is 1. The fourth-order valence-electron chi connectivity index (χ4n) is 3.53. The van der Waals surface area contributed by atoms with E-state index in [4.69, 9.17) is 11.6 Å². The van der Waals surface area contributed by atoms with Gasteiger partial charge in [0.05, 0.1) is 0 Å². The third-order valence-corrected chi connectivity index (χ3v) is 5.16. The first-order valence-corrected chi connectivity index (χ1v) is 9.17. The van der Waals surface area contributed by atoms with Crippen LogP contribution < -0.4 is 0 Å². The molecule has 3 nitrogen and oxygen atoms in total. The molecule has 1 saturated heterocycles. The first-order chi connectivity index (χ1) is 12.3. The van der Waals surface area contributed by atoms with Crippen LogP contribution >= 0.6 is 11.6 Å². The summed E-state index contributed by atoms with van der Waals surface area (Å²) < 4.78 is 0. The van der Waals surface area contributed by atoms with Gasteiger partial charge in [-0.1, -0.05) is 60.1 Å². The molecule has 2 heterocycles. The highest BCUT2D eigenvalue weighted by atomic mass is 35.5. The van der Waals surface area contributed by atoms with E-state index in [1.54, 1.807) is 0 Å². The number of benzene rings is 2. The van der Waals surface area contributed by atoms with Gasteiger partial charge >= 0.3 is 0 Å². The van der Waals surface area contributed by atoms with Gasteiger partial charge in [0, 0.05) is 45.5 Å². The Hall–Kier alpha value is -1.94. The van der Waals surface area contributed by atoms with Crippen molar-refractivity contribution in [2.75, 3.05) is 26.2 Å². The Bertz CT molecular complexity index is 834. The molecule has 0 spiro atoms. The number of hydrogen-bond acceptors (Lipinski definition) is 3. The number of fused-ring (bicyclic) bond motifs is 1. The van der Waals surface area contributed by atoms with Crippen LogP contribution in [0.15, 0.2) is 60.8 Å². The molecule has 0 amide bonds. The maximum absolute atomic E-state index is 5.86. The first-order valence-electron chi connectivity index (χ1n) is 8.80. The Balaban J connectivity index is 1.36. The van der Waals surface area contributed by atoms with Crippen LogP contribution in [0.1, 0.15) is 11.1 Å². The van der Waals surface area contributed by atoms with Gasteiger partial charge in [0.25, 0.3) is 0 Å². The van der Waals surface area contributed by atoms with Crippen molar-refractivity contribution in [1.82, 2.24) is 14.8 Å². The SMILES string of the molecule is Clc1ccc(CN2CCN(Cc3cccc4ccccc34)CC2)cn1. The van der Waals surface area contributed by atoms with Crippen molar-refractivity contribution in [2.45, 2.75) is 13.1 Å². The molecule has 0 unspecified atom stereocenters. The number of rotatable bonds is 4. The lowest BCUT2D eigenvalue weighted by atomic mass is 10.0. The highest BCUT2D eigenvalue weighted by Gasteiger charge is 2.17. The smallest absolute Gasteiger partial charge is 0.129 e. The fraction of sp³-hybridized carbons (Fsp3) is 0.286. The lowest BCUT2D eigenvalue weighted by molar-refractivity contribution is 0.122. The number of hydrogen-bond donors (Lipinski definition) is 0. The number of pyridine rings is 1. The molecular weight excluding hydrogens is 330 g/mol. The molecule has 0 saturated carbocycles. The summed E-state index contributed by atoms with van der Waals surface area (Å²) in [7, 11) is 0. The van der Waals surface area contributed by atoms with Crippen LogP contribution in [0.5, 0.6) is 0 Å². The van der Waals surface area contributed by atoms with Crippen molar-refractivity contribution >= 4 is 22.4 Å². The van der Waals surface area contributed by atoms with Gasteiger partial charge in [-0.15, -0.1) is 0 Å². The van der Waals surface area contributed by atoms with Gasteiger partial charge in [0.2, 0.25) is 0 Å². The second-order valence-corrected chi connectivity index (χ2v) is 7.07. The van der Waals surface area contributed by atoms with E-state index in [0.717, 1.165) is 39.3 Å². The molecule has 4 rings (SSSR count). The standard InChI is InChI=1S/C21H22ClN3/c22-21-9-8-17(14-23-21)15-24-10-12-25(13-11-24)16-19-6-3-5-18-4-1-2-7-20(18)19/h1-9,14H,10-13,15-16H2. The summed E-state index contributed by atoms with van der Waals surface area (Å²) in [6.07, 6.45) is 1.88. The molecule has 1 aliphatic heterocycles. The van der Waals surface area contributed by atoms with Gasteiger partial charge in [-0.3, -0.25) is 9.80 Å². The molecule has 2 aromatic carbocycles. The van der Waals surface area contributed by atoms with Gasteiger partial charge < -0.3 is 0 Å². The maximum Gasteiger partial charge on any atom is 0.129 e. The lowest BCUT2D eigenvalue weighted by Gasteiger charge is -2.34. The largest absolute Gasteiger partial charge is 0.297 e. The van der Waals surface area contributed by atoms with E-state index in [-0.39, 0.29) is 0 Å². The summed E-state index contributed by atoms with van der Waals surface area (Å²) in [6, 6.07) is 19.2. The molecular formula is C21H22ClN3. The van der Waals surface area contributed by atoms with Crippen LogP contribution in [0.25, 0.3) is 10.8 Å². The number of aromatic nitrogens is 1. The predicted octanol–water partition coefficient (Wildman–Crippen LogP) is 4.21. The average Bonchev–Trinajstić information content (AvgIpc) is 2.65. The van der Waals surface area contributed by atoms with E-state index in [2.05, 4.69) is 63.3 Å². The van der Waals surface area contributed by atoms with Crippen LogP contribution in [-0.4, -0.2) is 41.0 Å². The van der Waals surface area contributed by atoms with E-state index >= 15 is 0 Å². The zero-order valence-corrected chi connectivity index (χ0v) is 15.0. The Morgan fingerprint density at radius 2 is 1.52 bits per heavy atom. The minimum atomic E-state index is 0.559. The summed E-state index contributed by atoms with van der Waals surface area (Å²) in [6.45, 7) is 6.36. The lowest BCUT2D eigenvalue weighted by Crippen LogP contribution is -2.45. The van der Waals surface area contributed by atoms with Crippen LogP contribution in [0.2, 0.25) is 5.15 Å². The highest BCUT2D eigenvalue weighted by molar-refractivity contribution is 6.29. The van der Waals surface area contributed by atoms with Crippen molar-refractivity contribution in [3.63, 3.8) is 0 Å². The maximum atomic E-state index is 5.86. The van der Waals surface area contributed by atoms with Gasteiger partial charge in [0.1, 0.15) is 5.15 Å². The molecule has 0 bridgehead atoms. The van der Waals surface area contributed by atoms with Crippen molar-refractivity contribution in [3.05, 3.63) is 77.1 Å². The summed E-state index contributed by atoms with van der Waals surface area (Å²) in [5.41, 5.74) is 2.65. The van der Waals surface area contributed by atoms with E-state index < -0.39 is 0 Å². The molecule has 25 heavy (non-hydrogen) atoms. The van der Waals surface area contributed by atoms with Crippen molar-refractivity contribution in [3.8, 4) is 0 Å². The molecule has 1 fully saturated rings. The minimum Gasteiger partial charge on any atom is -0.297 e. The Morgan fingerprint density at radius 3 is 2.28 bits per heavy atom. The van der Waals surface area contributed by atoms with Gasteiger partial charge in [-0.05, 0) is 28.0 Å². The topological polar surface area (TPSA) is 19.4 Å². The quantitative estimate of drug-likeness (QED) is 0.656. The van der Waals surface area contributed by atoms with Crippen molar-refractivity contribution < 1.29 is 0 Å². The zero-order valence-electron chi connectivity index (χ0n) is 14.2. The summed E-state index contributed by atoms with van der Waals surface area (Å²) in [5, 5.41) is 3.26. The average molecular weight is 352 g/mol. The van der Waals surface area contributed by atoms with Crippen LogP contribution in [0, 0.1) is 0 Å². The Kier molecular flexibility index (Phi) is 4.97. The van der Waals surface area contributed by atoms with Crippen LogP contribution in [0.3, 0.4) is 0 Å². The molecule has 0 aliphatic carbocycles. The van der Waals surface area contributed by atoms with E-state index in [0.29, 0.717) is 5.15 Å². The second-order valence-electron chi connectivity index (χ2n) is 6.68. The molecule has 128 valence electrons. The van der Waals surface area contributed by atoms with Crippen LogP contribution in [-0.2, 0) is 13.1 Å². The number of piperazine rings is 1. The van der Waals surface area contributed by atoms with Crippen molar-refractivity contribution in [2.24, 2.45) is 0 Å². The number of nitrogens with zero attached hydrogens (tertiary/aromatic N) is 3. The fourth-order valence-corrected chi connectivity index (χ4v) is 3.65. The molecule has 4 heteroatoms. The van der Waals surface area contributed by atoms with Gasteiger partial charge in [-0.25, -0.2) is 4.98 Å². The third-order valence-electron chi connectivity index (χ3n) is 4.93. The molecule has 1 aromatic heterocycles. The highest BCUT2D eigenvalue weighted by Crippen LogP contribution is 2.21. The zero-order chi connectivity index (χ0) is 17.1. The normalized spacial score (nSPS) is 16.4. The molecule has 3 aromatic rings. The summed E-state index contributed by atoms with van der Waals surface area (Å²) >= 11 is 5.86. The summed E-state index contributed by atoms with van der Waals surface area (Å²) in [5.74, 6) is 0. The monoisotopic (exact) mass is 351 g/mol. The van der Waals surface area contributed by atoms with Crippen LogP contribution in [0.4, 0.5) is 0 Å². The summed E-state index contributed by atoms with van der Waals surface area (Å²) in [4.78, 5) is 9.22. The van der Waals surface area contributed by atoms with Crippen molar-refractivity contribution in [1.29, 1.82) is 0 Å². The molecule has 0 radical (unpaired) electrons. The first kappa shape index (κ1) is 16.5.